The summed E-state index contributed by atoms with van der Waals surface area (Å²) in [7, 11) is -4.24. The lowest BCUT2D eigenvalue weighted by Crippen LogP contribution is -2.04. The number of unbranched alkanes of at least 4 members (excludes halogenated alkanes) is 10. The lowest BCUT2D eigenvalue weighted by atomic mass is 10.1. The van der Waals surface area contributed by atoms with Crippen molar-refractivity contribution in [2.24, 2.45) is 0 Å². The highest BCUT2D eigenvalue weighted by Crippen LogP contribution is 2.11. The summed E-state index contributed by atoms with van der Waals surface area (Å²) >= 11 is 0. The Morgan fingerprint density at radius 2 is 1.16 bits per heavy atom. The number of hydrogen-bond acceptors (Lipinski definition) is 3. The van der Waals surface area contributed by atoms with Gasteiger partial charge in [-0.25, -0.2) is 4.18 Å². The first-order valence-electron chi connectivity index (χ1n) is 7.18. The van der Waals surface area contributed by atoms with Crippen molar-refractivity contribution >= 4 is 10.4 Å². The van der Waals surface area contributed by atoms with Crippen molar-refractivity contribution in [1.29, 1.82) is 0 Å². The minimum atomic E-state index is -4.24. The molecular formula is C13H32NO4S+. The van der Waals surface area contributed by atoms with E-state index in [4.69, 9.17) is 4.55 Å². The molecule has 6 heteroatoms. The fourth-order valence-electron chi connectivity index (χ4n) is 1.93. The average Bonchev–Trinajstić information content (AvgIpc) is 2.29. The molecule has 0 saturated carbocycles. The number of rotatable bonds is 13. The molecule has 0 saturated heterocycles. The lowest BCUT2D eigenvalue weighted by Gasteiger charge is -2.02. The minimum absolute atomic E-state index is 0. The van der Waals surface area contributed by atoms with Gasteiger partial charge in [-0.3, -0.25) is 4.55 Å². The standard InChI is InChI=1S/C13H28O4S.H3N/c1-2-3-4-5-6-7-8-9-10-11-12-13-17-18(14,15)16;/h2-13H2,1H3,(H,14,15,16);1H3/p+1. The summed E-state index contributed by atoms with van der Waals surface area (Å²) in [6, 6.07) is 0. The molecular weight excluding hydrogens is 266 g/mol. The molecule has 0 unspecified atom stereocenters. The Bertz CT molecular complexity index is 268. The zero-order chi connectivity index (χ0) is 13.7. The molecule has 0 radical (unpaired) electrons. The van der Waals surface area contributed by atoms with Crippen molar-refractivity contribution in [2.45, 2.75) is 77.6 Å². The third-order valence-corrected chi connectivity index (χ3v) is 3.44. The van der Waals surface area contributed by atoms with Crippen LogP contribution in [0.3, 0.4) is 0 Å². The second-order valence-corrected chi connectivity index (χ2v) is 5.88. The van der Waals surface area contributed by atoms with Crippen LogP contribution < -0.4 is 6.15 Å². The van der Waals surface area contributed by atoms with E-state index in [2.05, 4.69) is 11.1 Å². The molecule has 0 aliphatic carbocycles. The molecule has 5 nitrogen and oxygen atoms in total. The van der Waals surface area contributed by atoms with E-state index < -0.39 is 10.4 Å². The summed E-state index contributed by atoms with van der Waals surface area (Å²) < 4.78 is 33.1. The Balaban J connectivity index is 0. The van der Waals surface area contributed by atoms with Crippen LogP contribution in [0.5, 0.6) is 0 Å². The summed E-state index contributed by atoms with van der Waals surface area (Å²) in [6.45, 7) is 2.32. The average molecular weight is 298 g/mol. The van der Waals surface area contributed by atoms with E-state index >= 15 is 0 Å². The van der Waals surface area contributed by atoms with Gasteiger partial charge in [-0.05, 0) is 6.42 Å². The molecule has 0 bridgehead atoms. The molecule has 0 aromatic rings. The highest BCUT2D eigenvalue weighted by Gasteiger charge is 2.02. The summed E-state index contributed by atoms with van der Waals surface area (Å²) in [6.07, 6.45) is 13.3. The third kappa shape index (κ3) is 20.3. The van der Waals surface area contributed by atoms with Gasteiger partial charge in [0.25, 0.3) is 0 Å². The SMILES string of the molecule is CCCCCCCCCCCCCOS(=O)(=O)O.[NH4+]. The van der Waals surface area contributed by atoms with Crippen LogP contribution in [-0.2, 0) is 14.6 Å². The summed E-state index contributed by atoms with van der Waals surface area (Å²) in [5, 5.41) is 0. The van der Waals surface area contributed by atoms with Gasteiger partial charge in [-0.2, -0.15) is 8.42 Å². The molecule has 0 spiro atoms. The topological polar surface area (TPSA) is 100 Å². The second-order valence-electron chi connectivity index (χ2n) is 4.79. The Hall–Kier alpha value is -0.170. The van der Waals surface area contributed by atoms with Crippen LogP contribution in [0.2, 0.25) is 0 Å². The van der Waals surface area contributed by atoms with E-state index in [-0.39, 0.29) is 12.8 Å². The van der Waals surface area contributed by atoms with Gasteiger partial charge in [0, 0.05) is 0 Å². The van der Waals surface area contributed by atoms with Gasteiger partial charge in [0.1, 0.15) is 0 Å². The van der Waals surface area contributed by atoms with Crippen molar-refractivity contribution in [3.8, 4) is 0 Å². The second kappa shape index (κ2) is 14.2. The van der Waals surface area contributed by atoms with E-state index in [1.807, 2.05) is 0 Å². The van der Waals surface area contributed by atoms with E-state index in [0.29, 0.717) is 6.42 Å². The monoisotopic (exact) mass is 298 g/mol. The number of hydrogen-bond donors (Lipinski definition) is 2. The van der Waals surface area contributed by atoms with Gasteiger partial charge in [-0.15, -0.1) is 0 Å². The lowest BCUT2D eigenvalue weighted by molar-refractivity contribution is 0.261. The molecule has 0 aromatic heterocycles. The van der Waals surface area contributed by atoms with E-state index in [0.717, 1.165) is 12.8 Å². The smallest absolute Gasteiger partial charge is 0.369 e. The largest absolute Gasteiger partial charge is 0.397 e. The summed E-state index contributed by atoms with van der Waals surface area (Å²) in [5.74, 6) is 0. The third-order valence-electron chi connectivity index (χ3n) is 2.98. The van der Waals surface area contributed by atoms with Crippen LogP contribution >= 0.6 is 0 Å². The molecule has 0 amide bonds. The van der Waals surface area contributed by atoms with Crippen molar-refractivity contribution in [2.75, 3.05) is 6.61 Å². The molecule has 0 aromatic carbocycles. The highest BCUT2D eigenvalue weighted by molar-refractivity contribution is 7.80. The van der Waals surface area contributed by atoms with Crippen molar-refractivity contribution in [1.82, 2.24) is 6.15 Å². The predicted octanol–water partition coefficient (Wildman–Crippen LogP) is 4.49. The maximum atomic E-state index is 10.2. The normalized spacial score (nSPS) is 11.3. The van der Waals surface area contributed by atoms with E-state index in [9.17, 15) is 8.42 Å². The van der Waals surface area contributed by atoms with Gasteiger partial charge < -0.3 is 6.15 Å². The summed E-state index contributed by atoms with van der Waals surface area (Å²) in [4.78, 5) is 0. The van der Waals surface area contributed by atoms with Gasteiger partial charge in [0.2, 0.25) is 0 Å². The van der Waals surface area contributed by atoms with Crippen LogP contribution in [0.25, 0.3) is 0 Å². The van der Waals surface area contributed by atoms with Gasteiger partial charge >= 0.3 is 10.4 Å². The quantitative estimate of drug-likeness (QED) is 0.386. The fourth-order valence-corrected chi connectivity index (χ4v) is 2.26. The van der Waals surface area contributed by atoms with Gasteiger partial charge in [-0.1, -0.05) is 71.1 Å². The van der Waals surface area contributed by atoms with Crippen LogP contribution in [-0.4, -0.2) is 19.6 Å². The van der Waals surface area contributed by atoms with Gasteiger partial charge in [0.15, 0.2) is 0 Å². The van der Waals surface area contributed by atoms with Crippen molar-refractivity contribution in [3.63, 3.8) is 0 Å². The molecule has 5 N–H and O–H groups in total. The van der Waals surface area contributed by atoms with Crippen LogP contribution in [0.1, 0.15) is 77.6 Å². The minimum Gasteiger partial charge on any atom is -0.369 e. The first-order chi connectivity index (χ1) is 8.56. The van der Waals surface area contributed by atoms with E-state index in [1.54, 1.807) is 0 Å². The number of quaternary nitrogens is 1. The van der Waals surface area contributed by atoms with Crippen LogP contribution in [0.4, 0.5) is 0 Å². The zero-order valence-corrected chi connectivity index (χ0v) is 13.4. The molecule has 0 aliphatic heterocycles. The predicted molar refractivity (Wildman–Crippen MR) is 79.9 cm³/mol. The highest BCUT2D eigenvalue weighted by atomic mass is 32.3. The molecule has 19 heavy (non-hydrogen) atoms. The molecule has 118 valence electrons. The molecule has 0 aliphatic rings. The Labute approximate surface area is 118 Å². The first-order valence-corrected chi connectivity index (χ1v) is 8.54. The van der Waals surface area contributed by atoms with Gasteiger partial charge in [0.05, 0.1) is 6.61 Å². The van der Waals surface area contributed by atoms with Crippen molar-refractivity contribution in [3.05, 3.63) is 0 Å². The Morgan fingerprint density at radius 3 is 1.53 bits per heavy atom. The first kappa shape index (κ1) is 21.1. The molecule has 0 rings (SSSR count). The fraction of sp³-hybridized carbons (Fsp3) is 1.00. The summed E-state index contributed by atoms with van der Waals surface area (Å²) in [5.41, 5.74) is 0. The maximum absolute atomic E-state index is 10.2. The van der Waals surface area contributed by atoms with E-state index in [1.165, 1.54) is 51.4 Å². The zero-order valence-electron chi connectivity index (χ0n) is 12.6. The molecule has 0 atom stereocenters. The maximum Gasteiger partial charge on any atom is 0.397 e. The van der Waals surface area contributed by atoms with Crippen LogP contribution in [0.15, 0.2) is 0 Å². The van der Waals surface area contributed by atoms with Crippen molar-refractivity contribution < 1.29 is 17.2 Å². The molecule has 0 fully saturated rings. The molecule has 0 heterocycles. The Morgan fingerprint density at radius 1 is 0.789 bits per heavy atom. The Kier molecular flexibility index (Phi) is 15.8. The van der Waals surface area contributed by atoms with Crippen LogP contribution in [0, 0.1) is 0 Å².